The number of halogens is 1. The fourth-order valence-corrected chi connectivity index (χ4v) is 5.48. The largest absolute Gasteiger partial charge is 0.384 e. The van der Waals surface area contributed by atoms with Crippen LogP contribution in [0.3, 0.4) is 0 Å². The van der Waals surface area contributed by atoms with Gasteiger partial charge in [-0.3, -0.25) is 23.3 Å². The van der Waals surface area contributed by atoms with E-state index in [4.69, 9.17) is 17.3 Å². The molecule has 0 saturated heterocycles. The zero-order chi connectivity index (χ0) is 24.4. The summed E-state index contributed by atoms with van der Waals surface area (Å²) in [4.78, 5) is 38.3. The highest BCUT2D eigenvalue weighted by atomic mass is 35.5. The molecule has 3 aromatic rings. The fourth-order valence-electron chi connectivity index (χ4n) is 4.38. The molecule has 180 valence electrons. The molecule has 0 amide bonds. The molecule has 0 spiro atoms. The molecule has 1 aromatic carbocycles. The first kappa shape index (κ1) is 24.3. The molecule has 11 heteroatoms. The van der Waals surface area contributed by atoms with Gasteiger partial charge in [-0.15, -0.1) is 10.2 Å². The van der Waals surface area contributed by atoms with Crippen molar-refractivity contribution in [1.29, 1.82) is 0 Å². The van der Waals surface area contributed by atoms with E-state index in [2.05, 4.69) is 14.8 Å². The highest BCUT2D eigenvalue weighted by molar-refractivity contribution is 7.99. The molecule has 2 N–H and O–H groups in total. The van der Waals surface area contributed by atoms with Gasteiger partial charge < -0.3 is 5.73 Å². The Bertz CT molecular complexity index is 1340. The summed E-state index contributed by atoms with van der Waals surface area (Å²) in [6.07, 6.45) is 4.84. The number of thioether (sulfide) groups is 1. The standard InChI is InChI=1S/C23H27ClN6O3S/c1-3-12-29-19(25)18(21(32)28(2)23(29)33)17(31)13-34-22-27-26-20(15-10-6-7-11-16(15)24)30(22)14-8-4-5-9-14/h6-7,10-11,14H,3-5,8-9,12-13,25H2,1-2H3. The van der Waals surface area contributed by atoms with Gasteiger partial charge in [0.25, 0.3) is 5.56 Å². The SMILES string of the molecule is CCCn1c(N)c(C(=O)CSc2nnc(-c3ccccc3Cl)n2C2CCCC2)c(=O)n(C)c1=O. The molecule has 0 aliphatic heterocycles. The molecule has 4 rings (SSSR count). The quantitative estimate of drug-likeness (QED) is 0.369. The predicted molar refractivity (Wildman–Crippen MR) is 134 cm³/mol. The Kier molecular flexibility index (Phi) is 7.27. The first-order valence-corrected chi connectivity index (χ1v) is 12.7. The topological polar surface area (TPSA) is 118 Å². The molecule has 0 bridgehead atoms. The summed E-state index contributed by atoms with van der Waals surface area (Å²) in [7, 11) is 1.35. The van der Waals surface area contributed by atoms with Crippen molar-refractivity contribution >= 4 is 35.0 Å². The summed E-state index contributed by atoms with van der Waals surface area (Å²) in [6, 6.07) is 7.68. The van der Waals surface area contributed by atoms with E-state index < -0.39 is 17.0 Å². The van der Waals surface area contributed by atoms with Crippen LogP contribution in [0.25, 0.3) is 11.4 Å². The minimum atomic E-state index is -0.686. The van der Waals surface area contributed by atoms with Crippen molar-refractivity contribution in [3.63, 3.8) is 0 Å². The minimum absolute atomic E-state index is 0.0584. The van der Waals surface area contributed by atoms with Crippen LogP contribution in [0.5, 0.6) is 0 Å². The van der Waals surface area contributed by atoms with Gasteiger partial charge >= 0.3 is 5.69 Å². The van der Waals surface area contributed by atoms with Crippen molar-refractivity contribution in [3.8, 4) is 11.4 Å². The third-order valence-corrected chi connectivity index (χ3v) is 7.38. The molecule has 1 saturated carbocycles. The fraction of sp³-hybridized carbons (Fsp3) is 0.435. The van der Waals surface area contributed by atoms with E-state index in [1.165, 1.54) is 23.4 Å². The lowest BCUT2D eigenvalue weighted by Crippen LogP contribution is -2.42. The molecule has 1 aliphatic rings. The molecule has 9 nitrogen and oxygen atoms in total. The van der Waals surface area contributed by atoms with Crippen molar-refractivity contribution in [2.75, 3.05) is 11.5 Å². The monoisotopic (exact) mass is 502 g/mol. The molecule has 0 unspecified atom stereocenters. The number of nitrogens with two attached hydrogens (primary N) is 1. The normalized spacial score (nSPS) is 14.1. The number of nitrogens with zero attached hydrogens (tertiary/aromatic N) is 5. The Labute approximate surface area is 205 Å². The van der Waals surface area contributed by atoms with Crippen LogP contribution in [0.15, 0.2) is 39.0 Å². The van der Waals surface area contributed by atoms with Gasteiger partial charge in [-0.1, -0.05) is 55.3 Å². The van der Waals surface area contributed by atoms with E-state index >= 15 is 0 Å². The second kappa shape index (κ2) is 10.2. The first-order chi connectivity index (χ1) is 16.3. The van der Waals surface area contributed by atoms with Crippen LogP contribution in [-0.4, -0.2) is 35.4 Å². The average molecular weight is 503 g/mol. The van der Waals surface area contributed by atoms with Gasteiger partial charge in [0.15, 0.2) is 16.8 Å². The molecule has 2 heterocycles. The minimum Gasteiger partial charge on any atom is -0.384 e. The summed E-state index contributed by atoms with van der Waals surface area (Å²) in [5, 5.41) is 9.93. The number of anilines is 1. The van der Waals surface area contributed by atoms with Gasteiger partial charge in [0.05, 0.1) is 10.8 Å². The number of aromatic nitrogens is 5. The van der Waals surface area contributed by atoms with Crippen molar-refractivity contribution in [2.24, 2.45) is 7.05 Å². The van der Waals surface area contributed by atoms with Gasteiger partial charge in [0.1, 0.15) is 11.4 Å². The molecular formula is C23H27ClN6O3S. The number of ketones is 1. The highest BCUT2D eigenvalue weighted by Gasteiger charge is 2.27. The van der Waals surface area contributed by atoms with Crippen LogP contribution < -0.4 is 17.0 Å². The number of nitrogen functional groups attached to an aromatic ring is 1. The number of hydrogen-bond acceptors (Lipinski definition) is 7. The lowest BCUT2D eigenvalue weighted by molar-refractivity contribution is 0.102. The molecule has 0 atom stereocenters. The van der Waals surface area contributed by atoms with E-state index in [9.17, 15) is 14.4 Å². The second-order valence-electron chi connectivity index (χ2n) is 8.36. The summed E-state index contributed by atoms with van der Waals surface area (Å²) in [5.74, 6) is 0.0686. The Morgan fingerprint density at radius 3 is 2.59 bits per heavy atom. The van der Waals surface area contributed by atoms with Gasteiger partial charge in [-0.05, 0) is 31.4 Å². The number of carbonyl (C=O) groups is 1. The third-order valence-electron chi connectivity index (χ3n) is 6.11. The summed E-state index contributed by atoms with van der Waals surface area (Å²) >= 11 is 7.65. The average Bonchev–Trinajstić information content (AvgIpc) is 3.49. The number of rotatable bonds is 8. The van der Waals surface area contributed by atoms with Gasteiger partial charge in [0, 0.05) is 25.2 Å². The predicted octanol–water partition coefficient (Wildman–Crippen LogP) is 3.54. The van der Waals surface area contributed by atoms with Crippen molar-refractivity contribution in [1.82, 2.24) is 23.9 Å². The van der Waals surface area contributed by atoms with Crippen LogP contribution in [0.4, 0.5) is 5.82 Å². The maximum atomic E-state index is 13.1. The Morgan fingerprint density at radius 2 is 1.91 bits per heavy atom. The van der Waals surface area contributed by atoms with Gasteiger partial charge in [0.2, 0.25) is 0 Å². The van der Waals surface area contributed by atoms with E-state index in [1.54, 1.807) is 0 Å². The number of hydrogen-bond donors (Lipinski definition) is 1. The lowest BCUT2D eigenvalue weighted by atomic mass is 10.2. The maximum Gasteiger partial charge on any atom is 0.332 e. The molecule has 2 aromatic heterocycles. The molecule has 1 aliphatic carbocycles. The van der Waals surface area contributed by atoms with E-state index in [1.807, 2.05) is 31.2 Å². The van der Waals surface area contributed by atoms with Crippen LogP contribution in [0, 0.1) is 0 Å². The Morgan fingerprint density at radius 1 is 1.21 bits per heavy atom. The van der Waals surface area contributed by atoms with Crippen LogP contribution >= 0.6 is 23.4 Å². The number of Topliss-reactive ketones (excluding diaryl/α,β-unsaturated/α-hetero) is 1. The van der Waals surface area contributed by atoms with E-state index in [0.29, 0.717) is 29.0 Å². The summed E-state index contributed by atoms with van der Waals surface area (Å²) < 4.78 is 4.27. The van der Waals surface area contributed by atoms with Crippen molar-refractivity contribution < 1.29 is 4.79 Å². The van der Waals surface area contributed by atoms with E-state index in [0.717, 1.165) is 35.8 Å². The highest BCUT2D eigenvalue weighted by Crippen LogP contribution is 2.38. The molecule has 34 heavy (non-hydrogen) atoms. The Balaban J connectivity index is 1.68. The maximum absolute atomic E-state index is 13.1. The second-order valence-corrected chi connectivity index (χ2v) is 9.71. The molecule has 0 radical (unpaired) electrons. The molecular weight excluding hydrogens is 476 g/mol. The number of carbonyl (C=O) groups excluding carboxylic acids is 1. The lowest BCUT2D eigenvalue weighted by Gasteiger charge is -2.17. The van der Waals surface area contributed by atoms with Crippen LogP contribution in [0.2, 0.25) is 5.02 Å². The summed E-state index contributed by atoms with van der Waals surface area (Å²) in [5.41, 5.74) is 5.51. The zero-order valence-electron chi connectivity index (χ0n) is 19.2. The van der Waals surface area contributed by atoms with Crippen molar-refractivity contribution in [3.05, 3.63) is 55.7 Å². The van der Waals surface area contributed by atoms with Gasteiger partial charge in [-0.25, -0.2) is 4.79 Å². The summed E-state index contributed by atoms with van der Waals surface area (Å²) in [6.45, 7) is 2.21. The van der Waals surface area contributed by atoms with E-state index in [-0.39, 0.29) is 23.2 Å². The first-order valence-electron chi connectivity index (χ1n) is 11.3. The smallest absolute Gasteiger partial charge is 0.332 e. The zero-order valence-corrected chi connectivity index (χ0v) is 20.7. The third kappa shape index (κ3) is 4.44. The van der Waals surface area contributed by atoms with Crippen LogP contribution in [0.1, 0.15) is 55.4 Å². The Hall–Kier alpha value is -2.85. The van der Waals surface area contributed by atoms with Crippen molar-refractivity contribution in [2.45, 2.75) is 56.8 Å². The van der Waals surface area contributed by atoms with Crippen LogP contribution in [-0.2, 0) is 13.6 Å². The van der Waals surface area contributed by atoms with Gasteiger partial charge in [-0.2, -0.15) is 0 Å². The number of benzene rings is 1. The molecule has 1 fully saturated rings.